The minimum absolute atomic E-state index is 0.137. The minimum atomic E-state index is -4.52. The van der Waals surface area contributed by atoms with Gasteiger partial charge in [0.05, 0.1) is 12.7 Å². The van der Waals surface area contributed by atoms with Crippen LogP contribution in [0.5, 0.6) is 11.5 Å². The summed E-state index contributed by atoms with van der Waals surface area (Å²) >= 11 is 0. The number of hydrogen-bond donors (Lipinski definition) is 1. The number of anilines is 1. The van der Waals surface area contributed by atoms with Crippen LogP contribution in [0, 0.1) is 0 Å². The Balaban J connectivity index is 1.84. The number of carbonyl (C=O) groups excluding carboxylic acids is 2. The number of ether oxygens (including phenoxy) is 3. The van der Waals surface area contributed by atoms with Gasteiger partial charge in [0.2, 0.25) is 0 Å². The quantitative estimate of drug-likeness (QED) is 0.722. The number of alkyl halides is 3. The van der Waals surface area contributed by atoms with Gasteiger partial charge < -0.3 is 19.5 Å². The van der Waals surface area contributed by atoms with E-state index in [2.05, 4.69) is 5.32 Å². The Morgan fingerprint density at radius 1 is 1.07 bits per heavy atom. The molecule has 2 aromatic carbocycles. The summed E-state index contributed by atoms with van der Waals surface area (Å²) in [6, 6.07) is 10.6. The minimum Gasteiger partial charge on any atom is -0.497 e. The second-order valence-corrected chi connectivity index (χ2v) is 5.66. The molecule has 1 unspecified atom stereocenters. The van der Waals surface area contributed by atoms with E-state index in [1.807, 2.05) is 0 Å². The number of carbonyl (C=O) groups is 2. The summed E-state index contributed by atoms with van der Waals surface area (Å²) in [4.78, 5) is 23.8. The zero-order chi connectivity index (χ0) is 20.7. The van der Waals surface area contributed by atoms with Gasteiger partial charge in [-0.3, -0.25) is 4.79 Å². The Kier molecular flexibility index (Phi) is 6.86. The van der Waals surface area contributed by atoms with Crippen molar-refractivity contribution in [1.29, 1.82) is 0 Å². The number of esters is 1. The predicted octanol–water partition coefficient (Wildman–Crippen LogP) is 3.66. The van der Waals surface area contributed by atoms with E-state index in [-0.39, 0.29) is 5.75 Å². The molecule has 0 saturated carbocycles. The Bertz CT molecular complexity index is 821. The average molecular weight is 397 g/mol. The molecule has 1 N–H and O–H groups in total. The van der Waals surface area contributed by atoms with E-state index in [1.165, 1.54) is 20.1 Å². The maximum absolute atomic E-state index is 12.7. The van der Waals surface area contributed by atoms with Crippen LogP contribution in [0.3, 0.4) is 0 Å². The van der Waals surface area contributed by atoms with Gasteiger partial charge in [-0.2, -0.15) is 13.2 Å². The van der Waals surface area contributed by atoms with Crippen molar-refractivity contribution >= 4 is 17.6 Å². The average Bonchev–Trinajstić information content (AvgIpc) is 2.66. The monoisotopic (exact) mass is 397 g/mol. The summed E-state index contributed by atoms with van der Waals surface area (Å²) in [5.74, 6) is -0.987. The molecule has 0 aliphatic rings. The molecule has 6 nitrogen and oxygen atoms in total. The molecule has 28 heavy (non-hydrogen) atoms. The van der Waals surface area contributed by atoms with Gasteiger partial charge in [-0.1, -0.05) is 6.07 Å². The lowest BCUT2D eigenvalue weighted by molar-refractivity contribution is -0.155. The Morgan fingerprint density at radius 2 is 1.75 bits per heavy atom. The second-order valence-electron chi connectivity index (χ2n) is 5.66. The highest BCUT2D eigenvalue weighted by Gasteiger charge is 2.30. The lowest BCUT2D eigenvalue weighted by Crippen LogP contribution is -2.31. The topological polar surface area (TPSA) is 73.9 Å². The van der Waals surface area contributed by atoms with Gasteiger partial charge in [0, 0.05) is 5.69 Å². The highest BCUT2D eigenvalue weighted by Crippen LogP contribution is 2.31. The van der Waals surface area contributed by atoms with Gasteiger partial charge in [0.15, 0.2) is 12.7 Å². The van der Waals surface area contributed by atoms with Crippen molar-refractivity contribution < 1.29 is 37.0 Å². The maximum atomic E-state index is 12.7. The number of amides is 1. The molecular formula is C19H18F3NO5. The highest BCUT2D eigenvalue weighted by molar-refractivity contribution is 5.95. The Labute approximate surface area is 159 Å². The van der Waals surface area contributed by atoms with Gasteiger partial charge in [0.1, 0.15) is 11.5 Å². The van der Waals surface area contributed by atoms with E-state index in [4.69, 9.17) is 14.2 Å². The molecule has 0 saturated heterocycles. The summed E-state index contributed by atoms with van der Waals surface area (Å²) in [6.07, 6.45) is -5.65. The van der Waals surface area contributed by atoms with Gasteiger partial charge >= 0.3 is 12.1 Å². The van der Waals surface area contributed by atoms with Crippen molar-refractivity contribution in [1.82, 2.24) is 0 Å². The number of nitrogens with one attached hydrogen (secondary N) is 1. The summed E-state index contributed by atoms with van der Waals surface area (Å²) in [6.45, 7) is 0.725. The third-order valence-electron chi connectivity index (χ3n) is 3.55. The van der Waals surface area contributed by atoms with Crippen LogP contribution in [0.1, 0.15) is 12.5 Å². The van der Waals surface area contributed by atoms with Crippen molar-refractivity contribution in [2.24, 2.45) is 0 Å². The molecule has 1 amide bonds. The maximum Gasteiger partial charge on any atom is 0.416 e. The van der Waals surface area contributed by atoms with Crippen molar-refractivity contribution in [2.45, 2.75) is 19.2 Å². The van der Waals surface area contributed by atoms with Crippen molar-refractivity contribution in [3.63, 3.8) is 0 Å². The van der Waals surface area contributed by atoms with Gasteiger partial charge in [0.25, 0.3) is 5.91 Å². The normalized spacial score (nSPS) is 12.0. The highest BCUT2D eigenvalue weighted by atomic mass is 19.4. The van der Waals surface area contributed by atoms with E-state index < -0.39 is 36.3 Å². The fourth-order valence-electron chi connectivity index (χ4n) is 2.11. The van der Waals surface area contributed by atoms with Crippen LogP contribution >= 0.6 is 0 Å². The summed E-state index contributed by atoms with van der Waals surface area (Å²) < 4.78 is 52.9. The molecule has 0 aliphatic heterocycles. The molecular weight excluding hydrogens is 379 g/mol. The van der Waals surface area contributed by atoms with Crippen LogP contribution < -0.4 is 14.8 Å². The van der Waals surface area contributed by atoms with Crippen molar-refractivity contribution in [3.05, 3.63) is 54.1 Å². The van der Waals surface area contributed by atoms with E-state index in [0.717, 1.165) is 18.2 Å². The van der Waals surface area contributed by atoms with E-state index in [9.17, 15) is 22.8 Å². The van der Waals surface area contributed by atoms with Crippen LogP contribution in [-0.2, 0) is 20.5 Å². The van der Waals surface area contributed by atoms with Crippen molar-refractivity contribution in [2.75, 3.05) is 19.0 Å². The number of hydrogen-bond acceptors (Lipinski definition) is 5. The standard InChI is InChI=1S/C19H18F3NO5/c1-12(18(25)23-14-6-8-15(26-2)9-7-14)28-17(24)11-27-16-5-3-4-13(10-16)19(20,21)22/h3-10,12H,11H2,1-2H3,(H,23,25). The summed E-state index contributed by atoms with van der Waals surface area (Å²) in [5, 5.41) is 2.56. The van der Waals surface area contributed by atoms with E-state index in [0.29, 0.717) is 11.4 Å². The lowest BCUT2D eigenvalue weighted by atomic mass is 10.2. The molecule has 1 atom stereocenters. The number of rotatable bonds is 7. The molecule has 2 aromatic rings. The van der Waals surface area contributed by atoms with Crippen molar-refractivity contribution in [3.8, 4) is 11.5 Å². The molecule has 9 heteroatoms. The van der Waals surface area contributed by atoms with E-state index in [1.54, 1.807) is 24.3 Å². The first kappa shape index (κ1) is 21.1. The third kappa shape index (κ3) is 6.19. The molecule has 150 valence electrons. The molecule has 0 bridgehead atoms. The smallest absolute Gasteiger partial charge is 0.416 e. The summed E-state index contributed by atoms with van der Waals surface area (Å²) in [7, 11) is 1.51. The van der Waals surface area contributed by atoms with Crippen LogP contribution in [0.15, 0.2) is 48.5 Å². The zero-order valence-corrected chi connectivity index (χ0v) is 15.1. The fourth-order valence-corrected chi connectivity index (χ4v) is 2.11. The van der Waals surface area contributed by atoms with Gasteiger partial charge in [-0.25, -0.2) is 4.79 Å². The van der Waals surface area contributed by atoms with Gasteiger partial charge in [-0.15, -0.1) is 0 Å². The summed E-state index contributed by atoms with van der Waals surface area (Å²) in [5.41, 5.74) is -0.417. The molecule has 0 fully saturated rings. The molecule has 0 spiro atoms. The van der Waals surface area contributed by atoms with Gasteiger partial charge in [-0.05, 0) is 49.4 Å². The molecule has 0 radical (unpaired) electrons. The van der Waals surface area contributed by atoms with Crippen LogP contribution in [0.25, 0.3) is 0 Å². The van der Waals surface area contributed by atoms with Crippen LogP contribution in [0.4, 0.5) is 18.9 Å². The fraction of sp³-hybridized carbons (Fsp3) is 0.263. The Morgan fingerprint density at radius 3 is 2.36 bits per heavy atom. The molecule has 0 heterocycles. The molecule has 0 aromatic heterocycles. The molecule has 2 rings (SSSR count). The predicted molar refractivity (Wildman–Crippen MR) is 94.1 cm³/mol. The third-order valence-corrected chi connectivity index (χ3v) is 3.55. The lowest BCUT2D eigenvalue weighted by Gasteiger charge is -2.14. The number of benzene rings is 2. The first-order valence-corrected chi connectivity index (χ1v) is 8.13. The van der Waals surface area contributed by atoms with Crippen LogP contribution in [0.2, 0.25) is 0 Å². The first-order valence-electron chi connectivity index (χ1n) is 8.13. The van der Waals surface area contributed by atoms with Crippen LogP contribution in [-0.4, -0.2) is 31.7 Å². The first-order chi connectivity index (χ1) is 13.2. The van der Waals surface area contributed by atoms with E-state index >= 15 is 0 Å². The second kappa shape index (κ2) is 9.12. The SMILES string of the molecule is COc1ccc(NC(=O)C(C)OC(=O)COc2cccc(C(F)(F)F)c2)cc1. The largest absolute Gasteiger partial charge is 0.497 e. The molecule has 0 aliphatic carbocycles. The number of halogens is 3. The zero-order valence-electron chi connectivity index (χ0n) is 15.1. The number of methoxy groups -OCH3 is 1. The Hall–Kier alpha value is -3.23.